The molecule has 1 aromatic carbocycles. The zero-order valence-corrected chi connectivity index (χ0v) is 17.7. The predicted octanol–water partition coefficient (Wildman–Crippen LogP) is 3.07. The van der Waals surface area contributed by atoms with Gasteiger partial charge in [-0.25, -0.2) is 4.68 Å². The smallest absolute Gasteiger partial charge is 0.261 e. The maximum Gasteiger partial charge on any atom is 0.261 e. The van der Waals surface area contributed by atoms with Crippen molar-refractivity contribution in [3.63, 3.8) is 0 Å². The van der Waals surface area contributed by atoms with E-state index in [-0.39, 0.29) is 11.9 Å². The Kier molecular flexibility index (Phi) is 5.30. The van der Waals surface area contributed by atoms with E-state index in [1.807, 2.05) is 48.0 Å². The molecule has 4 aromatic rings. The van der Waals surface area contributed by atoms with E-state index in [0.717, 1.165) is 26.5 Å². The van der Waals surface area contributed by atoms with E-state index in [4.69, 9.17) is 0 Å². The van der Waals surface area contributed by atoms with E-state index >= 15 is 0 Å². The molecule has 5 nitrogen and oxygen atoms in total. The van der Waals surface area contributed by atoms with E-state index in [2.05, 4.69) is 42.0 Å². The first kappa shape index (κ1) is 18.9. The van der Waals surface area contributed by atoms with Crippen molar-refractivity contribution in [3.8, 4) is 5.69 Å². The first-order chi connectivity index (χ1) is 13.5. The molecule has 0 fully saturated rings. The number of para-hydroxylation sites is 1. The fourth-order valence-electron chi connectivity index (χ4n) is 3.26. The van der Waals surface area contributed by atoms with Gasteiger partial charge in [0.1, 0.15) is 10.9 Å². The highest BCUT2D eigenvalue weighted by molar-refractivity contribution is 7.20. The summed E-state index contributed by atoms with van der Waals surface area (Å²) in [4.78, 5) is 17.1. The summed E-state index contributed by atoms with van der Waals surface area (Å²) in [6.07, 6.45) is 0. The number of likely N-dealkylation sites (N-methyl/N-ethyl adjacent to an activating group) is 1. The van der Waals surface area contributed by atoms with Crippen LogP contribution in [0.1, 0.15) is 26.3 Å². The number of amides is 1. The molecule has 0 spiro atoms. The second-order valence-corrected chi connectivity index (χ2v) is 9.03. The number of benzene rings is 1. The average Bonchev–Trinajstić information content (AvgIpc) is 3.41. The van der Waals surface area contributed by atoms with Crippen LogP contribution in [0.3, 0.4) is 0 Å². The van der Waals surface area contributed by atoms with Crippen LogP contribution in [0.25, 0.3) is 15.9 Å². The molecule has 7 heteroatoms. The Labute approximate surface area is 172 Å². The number of hydrogen-bond donors (Lipinski definition) is 2. The van der Waals surface area contributed by atoms with Crippen LogP contribution in [0.2, 0.25) is 0 Å². The van der Waals surface area contributed by atoms with Crippen LogP contribution < -0.4 is 10.2 Å². The molecule has 0 saturated heterocycles. The summed E-state index contributed by atoms with van der Waals surface area (Å²) >= 11 is 3.22. The molecule has 0 aliphatic carbocycles. The van der Waals surface area contributed by atoms with Crippen molar-refractivity contribution < 1.29 is 9.69 Å². The topological polar surface area (TPSA) is 51.4 Å². The molecule has 1 amide bonds. The van der Waals surface area contributed by atoms with E-state index in [1.54, 1.807) is 11.3 Å². The molecule has 3 heterocycles. The number of aromatic nitrogens is 2. The molecule has 4 rings (SSSR count). The summed E-state index contributed by atoms with van der Waals surface area (Å²) in [5, 5.41) is 10.9. The van der Waals surface area contributed by atoms with Crippen LogP contribution in [0, 0.1) is 6.92 Å². The second-order valence-electron chi connectivity index (χ2n) is 7.02. The SMILES string of the molecule is Cc1nn(-c2ccccc2)c2sc(C(=O)NC[C@@H](c3cccs3)[NH+](C)C)cc12. The molecule has 1 atom stereocenters. The van der Waals surface area contributed by atoms with Gasteiger partial charge in [0.05, 0.1) is 41.8 Å². The Balaban J connectivity index is 1.57. The standard InChI is InChI=1S/C21H22N4OS2/c1-14-16-12-19(28-21(16)25(23-14)15-8-5-4-6-9-15)20(26)22-13-17(24(2)3)18-10-7-11-27-18/h4-12,17H,13H2,1-3H3,(H,22,26)/p+1/t17-/m0/s1. The van der Waals surface area contributed by atoms with Gasteiger partial charge in [-0.15, -0.1) is 22.7 Å². The summed E-state index contributed by atoms with van der Waals surface area (Å²) in [7, 11) is 4.24. The minimum Gasteiger partial charge on any atom is -0.345 e. The maximum absolute atomic E-state index is 12.8. The molecule has 0 aliphatic heterocycles. The fourth-order valence-corrected chi connectivity index (χ4v) is 5.32. The summed E-state index contributed by atoms with van der Waals surface area (Å²) < 4.78 is 1.92. The summed E-state index contributed by atoms with van der Waals surface area (Å²) in [6, 6.07) is 16.4. The quantitative estimate of drug-likeness (QED) is 0.512. The number of nitrogens with zero attached hydrogens (tertiary/aromatic N) is 2. The molecular weight excluding hydrogens is 388 g/mol. The first-order valence-corrected chi connectivity index (χ1v) is 10.9. The van der Waals surface area contributed by atoms with Crippen LogP contribution in [-0.2, 0) is 0 Å². The Bertz CT molecular complexity index is 1080. The number of rotatable bonds is 6. The maximum atomic E-state index is 12.8. The summed E-state index contributed by atoms with van der Waals surface area (Å²) in [6.45, 7) is 2.60. The van der Waals surface area contributed by atoms with Crippen molar-refractivity contribution in [2.75, 3.05) is 20.6 Å². The first-order valence-electron chi connectivity index (χ1n) is 9.21. The summed E-state index contributed by atoms with van der Waals surface area (Å²) in [5.41, 5.74) is 1.94. The van der Waals surface area contributed by atoms with Crippen molar-refractivity contribution in [3.05, 3.63) is 69.4 Å². The van der Waals surface area contributed by atoms with E-state index < -0.39 is 0 Å². The number of thiophene rings is 2. The van der Waals surface area contributed by atoms with Crippen molar-refractivity contribution >= 4 is 38.8 Å². The minimum absolute atomic E-state index is 0.0250. The zero-order valence-electron chi connectivity index (χ0n) is 16.1. The fraction of sp³-hybridized carbons (Fsp3) is 0.238. The van der Waals surface area contributed by atoms with Crippen molar-refractivity contribution in [2.45, 2.75) is 13.0 Å². The second kappa shape index (κ2) is 7.87. The molecule has 0 radical (unpaired) electrons. The lowest BCUT2D eigenvalue weighted by Gasteiger charge is -2.20. The number of quaternary nitrogens is 1. The summed E-state index contributed by atoms with van der Waals surface area (Å²) in [5.74, 6) is -0.0250. The van der Waals surface area contributed by atoms with Crippen LogP contribution >= 0.6 is 22.7 Å². The Morgan fingerprint density at radius 3 is 2.68 bits per heavy atom. The van der Waals surface area contributed by atoms with Gasteiger partial charge in [-0.1, -0.05) is 24.3 Å². The van der Waals surface area contributed by atoms with E-state index in [0.29, 0.717) is 6.54 Å². The van der Waals surface area contributed by atoms with Crippen molar-refractivity contribution in [1.82, 2.24) is 15.1 Å². The molecule has 2 N–H and O–H groups in total. The molecule has 0 unspecified atom stereocenters. The lowest BCUT2D eigenvalue weighted by molar-refractivity contribution is -0.890. The number of aryl methyl sites for hydroxylation is 1. The molecule has 3 aromatic heterocycles. The van der Waals surface area contributed by atoms with Gasteiger partial charge in [0.15, 0.2) is 0 Å². The highest BCUT2D eigenvalue weighted by Crippen LogP contribution is 2.30. The normalized spacial score (nSPS) is 12.6. The molecule has 0 aliphatic rings. The van der Waals surface area contributed by atoms with E-state index in [9.17, 15) is 4.79 Å². The third-order valence-electron chi connectivity index (χ3n) is 4.82. The minimum atomic E-state index is -0.0250. The van der Waals surface area contributed by atoms with Gasteiger partial charge in [0.25, 0.3) is 5.91 Å². The highest BCUT2D eigenvalue weighted by Gasteiger charge is 2.22. The van der Waals surface area contributed by atoms with Gasteiger partial charge >= 0.3 is 0 Å². The molecule has 144 valence electrons. The largest absolute Gasteiger partial charge is 0.345 e. The highest BCUT2D eigenvalue weighted by atomic mass is 32.1. The van der Waals surface area contributed by atoms with E-state index in [1.165, 1.54) is 21.1 Å². The van der Waals surface area contributed by atoms with Gasteiger partial charge in [-0.3, -0.25) is 4.79 Å². The third-order valence-corrected chi connectivity index (χ3v) is 6.91. The number of carbonyl (C=O) groups is 1. The Morgan fingerprint density at radius 1 is 1.21 bits per heavy atom. The van der Waals surface area contributed by atoms with Crippen LogP contribution in [0.5, 0.6) is 0 Å². The van der Waals surface area contributed by atoms with Gasteiger partial charge in [0, 0.05) is 5.39 Å². The Morgan fingerprint density at radius 2 is 2.00 bits per heavy atom. The molecular formula is C21H23N4OS2+. The number of hydrogen-bond acceptors (Lipinski definition) is 4. The van der Waals surface area contributed by atoms with Crippen molar-refractivity contribution in [1.29, 1.82) is 0 Å². The molecule has 0 saturated carbocycles. The lowest BCUT2D eigenvalue weighted by atomic mass is 10.2. The molecule has 0 bridgehead atoms. The van der Waals surface area contributed by atoms with Gasteiger partial charge in [-0.05, 0) is 36.6 Å². The monoisotopic (exact) mass is 411 g/mol. The number of nitrogens with one attached hydrogen (secondary N) is 2. The van der Waals surface area contributed by atoms with Gasteiger partial charge < -0.3 is 10.2 Å². The third kappa shape index (κ3) is 3.61. The van der Waals surface area contributed by atoms with Crippen LogP contribution in [0.4, 0.5) is 0 Å². The predicted molar refractivity (Wildman–Crippen MR) is 116 cm³/mol. The van der Waals surface area contributed by atoms with Crippen LogP contribution in [0.15, 0.2) is 53.9 Å². The van der Waals surface area contributed by atoms with Gasteiger partial charge in [0.2, 0.25) is 0 Å². The van der Waals surface area contributed by atoms with Gasteiger partial charge in [-0.2, -0.15) is 5.10 Å². The van der Waals surface area contributed by atoms with Crippen molar-refractivity contribution in [2.24, 2.45) is 0 Å². The Hall–Kier alpha value is -2.48. The average molecular weight is 412 g/mol. The number of carbonyl (C=O) groups excluding carboxylic acids is 1. The number of fused-ring (bicyclic) bond motifs is 1. The lowest BCUT2D eigenvalue weighted by Crippen LogP contribution is -3.06. The zero-order chi connectivity index (χ0) is 19.7. The van der Waals surface area contributed by atoms with Crippen LogP contribution in [-0.4, -0.2) is 36.3 Å². The molecule has 28 heavy (non-hydrogen) atoms.